The lowest BCUT2D eigenvalue weighted by Crippen LogP contribution is -2.50. The van der Waals surface area contributed by atoms with Crippen molar-refractivity contribution in [1.29, 1.82) is 0 Å². The second-order valence-corrected chi connectivity index (χ2v) is 8.63. The average molecular weight is 412 g/mol. The van der Waals surface area contributed by atoms with E-state index in [0.717, 1.165) is 42.3 Å². The van der Waals surface area contributed by atoms with E-state index in [2.05, 4.69) is 41.4 Å². The summed E-state index contributed by atoms with van der Waals surface area (Å²) >= 11 is 0. The first-order valence-corrected chi connectivity index (χ1v) is 10.5. The van der Waals surface area contributed by atoms with Crippen LogP contribution < -0.4 is 15.0 Å². The van der Waals surface area contributed by atoms with Crippen LogP contribution in [0.1, 0.15) is 31.9 Å². The van der Waals surface area contributed by atoms with Gasteiger partial charge in [0.25, 0.3) is 0 Å². The first kappa shape index (κ1) is 21.8. The van der Waals surface area contributed by atoms with Gasteiger partial charge in [0.2, 0.25) is 0 Å². The molecule has 6 nitrogen and oxygen atoms in total. The number of methoxy groups -OCH3 is 1. The fourth-order valence-electron chi connectivity index (χ4n) is 3.57. The molecule has 1 fully saturated rings. The van der Waals surface area contributed by atoms with Gasteiger partial charge in [-0.3, -0.25) is 0 Å². The second kappa shape index (κ2) is 9.28. The predicted octanol–water partition coefficient (Wildman–Crippen LogP) is 4.67. The van der Waals surface area contributed by atoms with Crippen molar-refractivity contribution in [1.82, 2.24) is 4.90 Å². The number of nitrogens with zero attached hydrogens (tertiary/aromatic N) is 2. The largest absolute Gasteiger partial charge is 0.495 e. The Morgan fingerprint density at radius 3 is 2.33 bits per heavy atom. The van der Waals surface area contributed by atoms with Gasteiger partial charge < -0.3 is 24.6 Å². The molecule has 0 radical (unpaired) electrons. The number of nitrogens with one attached hydrogen (secondary N) is 1. The molecule has 2 aromatic carbocycles. The minimum atomic E-state index is -0.471. The summed E-state index contributed by atoms with van der Waals surface area (Å²) in [5, 5.41) is 3.51. The van der Waals surface area contributed by atoms with Gasteiger partial charge in [0.1, 0.15) is 11.4 Å². The third-order valence-corrected chi connectivity index (χ3v) is 5.11. The van der Waals surface area contributed by atoms with Crippen molar-refractivity contribution in [3.05, 3.63) is 53.6 Å². The van der Waals surface area contributed by atoms with Crippen LogP contribution in [-0.4, -0.2) is 49.9 Å². The highest BCUT2D eigenvalue weighted by Crippen LogP contribution is 2.34. The monoisotopic (exact) mass is 411 g/mol. The van der Waals surface area contributed by atoms with Crippen molar-refractivity contribution in [2.24, 2.45) is 0 Å². The number of hydrogen-bond donors (Lipinski definition) is 1. The van der Waals surface area contributed by atoms with E-state index < -0.39 is 5.60 Å². The summed E-state index contributed by atoms with van der Waals surface area (Å²) < 4.78 is 11.2. The van der Waals surface area contributed by atoms with Gasteiger partial charge in [0.05, 0.1) is 12.8 Å². The van der Waals surface area contributed by atoms with Gasteiger partial charge >= 0.3 is 6.09 Å². The number of piperazine rings is 1. The van der Waals surface area contributed by atoms with E-state index in [1.807, 2.05) is 39.0 Å². The Balaban J connectivity index is 1.66. The standard InChI is InChI=1S/C24H33N3O3/c1-18-15-20(26-11-13-27(14-12-26)23(28)30-24(2,3)4)16-21(29-5)22(18)25-17-19-9-7-6-8-10-19/h6-10,15-16,25H,11-14,17H2,1-5H3. The Hall–Kier alpha value is -2.89. The average Bonchev–Trinajstić information content (AvgIpc) is 2.72. The highest BCUT2D eigenvalue weighted by Gasteiger charge is 2.26. The summed E-state index contributed by atoms with van der Waals surface area (Å²) in [4.78, 5) is 16.4. The number of amides is 1. The summed E-state index contributed by atoms with van der Waals surface area (Å²) in [6, 6.07) is 14.6. The lowest BCUT2D eigenvalue weighted by Gasteiger charge is -2.37. The van der Waals surface area contributed by atoms with Gasteiger partial charge in [-0.15, -0.1) is 0 Å². The topological polar surface area (TPSA) is 54.0 Å². The summed E-state index contributed by atoms with van der Waals surface area (Å²) in [5.41, 5.74) is 4.01. The van der Waals surface area contributed by atoms with Gasteiger partial charge in [-0.25, -0.2) is 4.79 Å². The van der Waals surface area contributed by atoms with E-state index in [1.54, 1.807) is 12.0 Å². The Morgan fingerprint density at radius 1 is 1.07 bits per heavy atom. The summed E-state index contributed by atoms with van der Waals surface area (Å²) in [5.74, 6) is 0.829. The second-order valence-electron chi connectivity index (χ2n) is 8.63. The summed E-state index contributed by atoms with van der Waals surface area (Å²) in [6.07, 6.45) is -0.239. The van der Waals surface area contributed by atoms with E-state index in [-0.39, 0.29) is 6.09 Å². The van der Waals surface area contributed by atoms with Gasteiger partial charge in [-0.2, -0.15) is 0 Å². The van der Waals surface area contributed by atoms with E-state index >= 15 is 0 Å². The normalized spacial score (nSPS) is 14.4. The fraction of sp³-hybridized carbons (Fsp3) is 0.458. The van der Waals surface area contributed by atoms with Gasteiger partial charge in [-0.1, -0.05) is 30.3 Å². The first-order chi connectivity index (χ1) is 14.3. The fourth-order valence-corrected chi connectivity index (χ4v) is 3.57. The zero-order valence-corrected chi connectivity index (χ0v) is 18.7. The molecule has 1 saturated heterocycles. The molecular weight excluding hydrogens is 378 g/mol. The molecule has 2 aromatic rings. The number of benzene rings is 2. The lowest BCUT2D eigenvalue weighted by molar-refractivity contribution is 0.0240. The van der Waals surface area contributed by atoms with Crippen LogP contribution in [-0.2, 0) is 11.3 Å². The van der Waals surface area contributed by atoms with Crippen LogP contribution in [0.25, 0.3) is 0 Å². The lowest BCUT2D eigenvalue weighted by atomic mass is 10.1. The van der Waals surface area contributed by atoms with Gasteiger partial charge in [-0.05, 0) is 44.9 Å². The van der Waals surface area contributed by atoms with Crippen LogP contribution in [0.3, 0.4) is 0 Å². The SMILES string of the molecule is COc1cc(N2CCN(C(=O)OC(C)(C)C)CC2)cc(C)c1NCc1ccccc1. The molecule has 0 spiro atoms. The Bertz CT molecular complexity index is 854. The van der Waals surface area contributed by atoms with E-state index in [9.17, 15) is 4.79 Å². The Labute approximate surface area is 179 Å². The molecule has 6 heteroatoms. The van der Waals surface area contributed by atoms with Crippen molar-refractivity contribution in [3.8, 4) is 5.75 Å². The van der Waals surface area contributed by atoms with Crippen molar-refractivity contribution in [2.75, 3.05) is 43.5 Å². The van der Waals surface area contributed by atoms with Gasteiger partial charge in [0, 0.05) is 44.5 Å². The van der Waals surface area contributed by atoms with Gasteiger partial charge in [0.15, 0.2) is 0 Å². The summed E-state index contributed by atoms with van der Waals surface area (Å²) in [7, 11) is 1.70. The number of hydrogen-bond acceptors (Lipinski definition) is 5. The number of ether oxygens (including phenoxy) is 2. The number of rotatable bonds is 5. The van der Waals surface area contributed by atoms with E-state index in [4.69, 9.17) is 9.47 Å². The smallest absolute Gasteiger partial charge is 0.410 e. The highest BCUT2D eigenvalue weighted by atomic mass is 16.6. The molecule has 1 aliphatic heterocycles. The third-order valence-electron chi connectivity index (χ3n) is 5.11. The Kier molecular flexibility index (Phi) is 6.75. The van der Waals surface area contributed by atoms with Crippen molar-refractivity contribution in [2.45, 2.75) is 39.8 Å². The highest BCUT2D eigenvalue weighted by molar-refractivity contribution is 5.71. The van der Waals surface area contributed by atoms with E-state index in [0.29, 0.717) is 13.1 Å². The predicted molar refractivity (Wildman–Crippen MR) is 122 cm³/mol. The third kappa shape index (κ3) is 5.59. The zero-order valence-electron chi connectivity index (χ0n) is 18.7. The molecule has 0 bridgehead atoms. The number of anilines is 2. The molecule has 0 saturated carbocycles. The van der Waals surface area contributed by atoms with E-state index in [1.165, 1.54) is 5.56 Å². The van der Waals surface area contributed by atoms with Crippen molar-refractivity contribution in [3.63, 3.8) is 0 Å². The van der Waals surface area contributed by atoms with Crippen molar-refractivity contribution < 1.29 is 14.3 Å². The maximum absolute atomic E-state index is 12.3. The molecule has 1 aliphatic rings. The molecule has 0 aromatic heterocycles. The molecule has 1 amide bonds. The molecule has 1 N–H and O–H groups in total. The zero-order chi connectivity index (χ0) is 21.7. The van der Waals surface area contributed by atoms with Crippen LogP contribution in [0.4, 0.5) is 16.2 Å². The number of carbonyl (C=O) groups excluding carboxylic acids is 1. The molecule has 0 aliphatic carbocycles. The van der Waals surface area contributed by atoms with Crippen LogP contribution in [0.5, 0.6) is 5.75 Å². The molecule has 162 valence electrons. The number of aryl methyl sites for hydroxylation is 1. The maximum Gasteiger partial charge on any atom is 0.410 e. The minimum Gasteiger partial charge on any atom is -0.495 e. The van der Waals surface area contributed by atoms with Crippen LogP contribution in [0.2, 0.25) is 0 Å². The molecule has 3 rings (SSSR count). The van der Waals surface area contributed by atoms with Crippen LogP contribution in [0.15, 0.2) is 42.5 Å². The number of carbonyl (C=O) groups is 1. The molecule has 30 heavy (non-hydrogen) atoms. The Morgan fingerprint density at radius 2 is 1.73 bits per heavy atom. The first-order valence-electron chi connectivity index (χ1n) is 10.5. The van der Waals surface area contributed by atoms with Crippen LogP contribution >= 0.6 is 0 Å². The molecule has 0 atom stereocenters. The molecule has 0 unspecified atom stereocenters. The molecular formula is C24H33N3O3. The minimum absolute atomic E-state index is 0.239. The van der Waals surface area contributed by atoms with Crippen molar-refractivity contribution >= 4 is 17.5 Å². The quantitative estimate of drug-likeness (QED) is 0.775. The maximum atomic E-state index is 12.3. The summed E-state index contributed by atoms with van der Waals surface area (Å²) in [6.45, 7) is 11.3. The van der Waals surface area contributed by atoms with Crippen LogP contribution in [0, 0.1) is 6.92 Å². The molecule has 1 heterocycles.